The van der Waals surface area contributed by atoms with E-state index in [-0.39, 0.29) is 24.5 Å². The summed E-state index contributed by atoms with van der Waals surface area (Å²) in [5.41, 5.74) is 1.81. The third-order valence-electron chi connectivity index (χ3n) is 5.15. The lowest BCUT2D eigenvalue weighted by Crippen LogP contribution is -2.32. The topological polar surface area (TPSA) is 58.6 Å². The molecular weight excluding hydrogens is 444 g/mol. The van der Waals surface area contributed by atoms with Crippen molar-refractivity contribution in [1.82, 2.24) is 10.2 Å². The van der Waals surface area contributed by atoms with Crippen LogP contribution in [0.5, 0.6) is 5.75 Å². The molecule has 1 saturated heterocycles. The Hall–Kier alpha value is -2.60. The first-order valence-electron chi connectivity index (χ1n) is 10.3. The van der Waals surface area contributed by atoms with Crippen molar-refractivity contribution in [3.8, 4) is 5.75 Å². The molecule has 6 heteroatoms. The van der Waals surface area contributed by atoms with E-state index in [0.717, 1.165) is 41.5 Å². The van der Waals surface area contributed by atoms with Gasteiger partial charge in [-0.15, -0.1) is 0 Å². The first kappa shape index (κ1) is 22.1. The molecule has 1 atom stereocenters. The highest BCUT2D eigenvalue weighted by Gasteiger charge is 2.20. The Morgan fingerprint density at radius 1 is 1.13 bits per heavy atom. The lowest BCUT2D eigenvalue weighted by atomic mass is 10.0. The van der Waals surface area contributed by atoms with Crippen LogP contribution in [-0.2, 0) is 9.59 Å². The third-order valence-corrected chi connectivity index (χ3v) is 5.87. The molecule has 30 heavy (non-hydrogen) atoms. The molecule has 5 nitrogen and oxygen atoms in total. The number of ether oxygens (including phenoxy) is 1. The summed E-state index contributed by atoms with van der Waals surface area (Å²) in [5, 5.41) is 3.04. The van der Waals surface area contributed by atoms with Gasteiger partial charge in [0, 0.05) is 29.2 Å². The Labute approximate surface area is 186 Å². The number of para-hydroxylation sites is 1. The molecule has 0 saturated carbocycles. The molecule has 0 aliphatic carbocycles. The van der Waals surface area contributed by atoms with Crippen LogP contribution < -0.4 is 10.1 Å². The quantitative estimate of drug-likeness (QED) is 0.567. The van der Waals surface area contributed by atoms with Gasteiger partial charge >= 0.3 is 0 Å². The fourth-order valence-corrected chi connectivity index (χ4v) is 3.91. The highest BCUT2D eigenvalue weighted by molar-refractivity contribution is 9.10. The fourth-order valence-electron chi connectivity index (χ4n) is 3.49. The highest BCUT2D eigenvalue weighted by Crippen LogP contribution is 2.27. The van der Waals surface area contributed by atoms with Gasteiger partial charge in [0.2, 0.25) is 5.91 Å². The van der Waals surface area contributed by atoms with Crippen LogP contribution in [0.2, 0.25) is 0 Å². The summed E-state index contributed by atoms with van der Waals surface area (Å²) in [6, 6.07) is 15.1. The Balaban J connectivity index is 1.65. The summed E-state index contributed by atoms with van der Waals surface area (Å²) >= 11 is 3.48. The average molecular weight is 471 g/mol. The first-order chi connectivity index (χ1) is 14.6. The maximum absolute atomic E-state index is 12.5. The molecule has 2 aromatic rings. The number of hydrogen-bond donors (Lipinski definition) is 1. The molecule has 1 N–H and O–H groups in total. The summed E-state index contributed by atoms with van der Waals surface area (Å²) in [4.78, 5) is 26.7. The van der Waals surface area contributed by atoms with Gasteiger partial charge in [-0.1, -0.05) is 59.3 Å². The van der Waals surface area contributed by atoms with Crippen molar-refractivity contribution in [2.45, 2.75) is 32.2 Å². The monoisotopic (exact) mass is 470 g/mol. The van der Waals surface area contributed by atoms with Crippen LogP contribution in [-0.4, -0.2) is 36.4 Å². The Bertz CT molecular complexity index is 907. The second-order valence-electron chi connectivity index (χ2n) is 7.24. The summed E-state index contributed by atoms with van der Waals surface area (Å²) in [5.74, 6) is 0.461. The first-order valence-corrected chi connectivity index (χ1v) is 11.1. The van der Waals surface area contributed by atoms with E-state index in [9.17, 15) is 9.59 Å². The number of likely N-dealkylation sites (tertiary alicyclic amines) is 1. The molecular formula is C24H27BrN2O3. The van der Waals surface area contributed by atoms with Gasteiger partial charge < -0.3 is 15.0 Å². The molecule has 2 aromatic carbocycles. The Morgan fingerprint density at radius 2 is 1.83 bits per heavy atom. The van der Waals surface area contributed by atoms with E-state index in [0.29, 0.717) is 12.2 Å². The largest absolute Gasteiger partial charge is 0.483 e. The number of halogens is 1. The molecule has 1 unspecified atom stereocenters. The minimum absolute atomic E-state index is 0.00996. The van der Waals surface area contributed by atoms with Gasteiger partial charge in [-0.2, -0.15) is 0 Å². The van der Waals surface area contributed by atoms with Crippen LogP contribution in [0.1, 0.15) is 43.4 Å². The van der Waals surface area contributed by atoms with Gasteiger partial charge in [-0.25, -0.2) is 0 Å². The van der Waals surface area contributed by atoms with E-state index in [4.69, 9.17) is 4.74 Å². The molecule has 1 aliphatic rings. The summed E-state index contributed by atoms with van der Waals surface area (Å²) in [7, 11) is 0. The second kappa shape index (κ2) is 11.0. The van der Waals surface area contributed by atoms with Gasteiger partial charge in [0.05, 0.1) is 6.04 Å². The fraction of sp³-hybridized carbons (Fsp3) is 0.333. The van der Waals surface area contributed by atoms with Crippen molar-refractivity contribution in [2.24, 2.45) is 0 Å². The third kappa shape index (κ3) is 5.95. The average Bonchev–Trinajstić information content (AvgIpc) is 3.31. The van der Waals surface area contributed by atoms with Crippen molar-refractivity contribution in [3.63, 3.8) is 0 Å². The predicted octanol–water partition coefficient (Wildman–Crippen LogP) is 4.73. The van der Waals surface area contributed by atoms with Crippen molar-refractivity contribution in [3.05, 3.63) is 70.2 Å². The van der Waals surface area contributed by atoms with Crippen molar-refractivity contribution >= 4 is 33.8 Å². The number of benzene rings is 2. The molecule has 0 radical (unpaired) electrons. The Morgan fingerprint density at radius 3 is 2.57 bits per heavy atom. The molecule has 0 bridgehead atoms. The lowest BCUT2D eigenvalue weighted by Gasteiger charge is -2.21. The normalized spacial score (nSPS) is 14.7. The number of hydrogen-bond acceptors (Lipinski definition) is 3. The van der Waals surface area contributed by atoms with Crippen molar-refractivity contribution in [1.29, 1.82) is 0 Å². The van der Waals surface area contributed by atoms with Crippen molar-refractivity contribution < 1.29 is 14.3 Å². The van der Waals surface area contributed by atoms with Crippen LogP contribution in [0.3, 0.4) is 0 Å². The van der Waals surface area contributed by atoms with E-state index in [1.165, 1.54) is 6.08 Å². The number of nitrogens with one attached hydrogen (secondary N) is 1. The molecule has 3 rings (SSSR count). The number of nitrogens with zero attached hydrogens (tertiary/aromatic N) is 1. The van der Waals surface area contributed by atoms with Crippen LogP contribution in [0.25, 0.3) is 6.08 Å². The molecule has 0 spiro atoms. The van der Waals surface area contributed by atoms with Gasteiger partial charge in [-0.05, 0) is 43.0 Å². The Kier molecular flexibility index (Phi) is 8.08. The highest BCUT2D eigenvalue weighted by atomic mass is 79.9. The van der Waals surface area contributed by atoms with E-state index in [1.54, 1.807) is 6.08 Å². The minimum Gasteiger partial charge on any atom is -0.483 e. The predicted molar refractivity (Wildman–Crippen MR) is 122 cm³/mol. The number of carbonyl (C=O) groups excluding carboxylic acids is 2. The summed E-state index contributed by atoms with van der Waals surface area (Å²) in [6.45, 7) is 3.64. The summed E-state index contributed by atoms with van der Waals surface area (Å²) < 4.78 is 6.79. The maximum Gasteiger partial charge on any atom is 0.260 e. The maximum atomic E-state index is 12.5. The molecule has 0 aromatic heterocycles. The van der Waals surface area contributed by atoms with E-state index >= 15 is 0 Å². The van der Waals surface area contributed by atoms with E-state index in [2.05, 4.69) is 21.2 Å². The molecule has 1 aliphatic heterocycles. The SMILES string of the molecule is CCC(NC(=O)/C=C\c1ccccc1Br)c1ccccc1OCC(=O)N1CCCC1. The van der Waals surface area contributed by atoms with Gasteiger partial charge in [-0.3, -0.25) is 9.59 Å². The van der Waals surface area contributed by atoms with Crippen LogP contribution in [0.4, 0.5) is 0 Å². The van der Waals surface area contributed by atoms with Gasteiger partial charge in [0.15, 0.2) is 6.61 Å². The number of carbonyl (C=O) groups is 2. The number of amides is 2. The van der Waals surface area contributed by atoms with E-state index in [1.807, 2.05) is 60.4 Å². The minimum atomic E-state index is -0.209. The molecule has 2 amide bonds. The zero-order valence-electron chi connectivity index (χ0n) is 17.1. The zero-order valence-corrected chi connectivity index (χ0v) is 18.7. The number of rotatable bonds is 8. The van der Waals surface area contributed by atoms with Gasteiger partial charge in [0.1, 0.15) is 5.75 Å². The molecule has 1 fully saturated rings. The van der Waals surface area contributed by atoms with Crippen molar-refractivity contribution in [2.75, 3.05) is 19.7 Å². The zero-order chi connectivity index (χ0) is 21.3. The van der Waals surface area contributed by atoms with Crippen LogP contribution in [0, 0.1) is 0 Å². The van der Waals surface area contributed by atoms with Gasteiger partial charge in [0.25, 0.3) is 5.91 Å². The van der Waals surface area contributed by atoms with Crippen LogP contribution >= 0.6 is 15.9 Å². The molecule has 1 heterocycles. The van der Waals surface area contributed by atoms with E-state index < -0.39 is 0 Å². The molecule has 158 valence electrons. The van der Waals surface area contributed by atoms with Crippen LogP contribution in [0.15, 0.2) is 59.1 Å². The smallest absolute Gasteiger partial charge is 0.260 e. The summed E-state index contributed by atoms with van der Waals surface area (Å²) in [6.07, 6.45) is 6.13. The second-order valence-corrected chi connectivity index (χ2v) is 8.09. The lowest BCUT2D eigenvalue weighted by molar-refractivity contribution is -0.132. The standard InChI is InChI=1S/C24H27BrN2O3/c1-2-21(26-23(28)14-13-18-9-3-5-11-20(18)25)19-10-4-6-12-22(19)30-17-24(29)27-15-7-8-16-27/h3-6,9-14,21H,2,7-8,15-17H2,1H3,(H,26,28)/b14-13-.